The van der Waals surface area contributed by atoms with Crippen molar-refractivity contribution in [3.63, 3.8) is 0 Å². The molecule has 0 N–H and O–H groups in total. The average Bonchev–Trinajstić information content (AvgIpc) is 2.34. The minimum Gasteiger partial charge on any atom is -0.504 e. The van der Waals surface area contributed by atoms with Crippen molar-refractivity contribution in [2.45, 2.75) is 0 Å². The zero-order chi connectivity index (χ0) is 11.8. The SMILES string of the molecule is CO/C=C/c1ccc(OCOC)c(OC)c1. The first-order valence-corrected chi connectivity index (χ1v) is 4.81. The van der Waals surface area contributed by atoms with Crippen molar-refractivity contribution in [3.8, 4) is 11.5 Å². The molecule has 1 rings (SSSR count). The molecule has 1 aromatic rings. The van der Waals surface area contributed by atoms with Gasteiger partial charge in [-0.05, 0) is 23.8 Å². The van der Waals surface area contributed by atoms with Crippen LogP contribution in [0.15, 0.2) is 24.5 Å². The van der Waals surface area contributed by atoms with Crippen LogP contribution in [0.25, 0.3) is 6.08 Å². The van der Waals surface area contributed by atoms with Gasteiger partial charge in [-0.1, -0.05) is 6.07 Å². The van der Waals surface area contributed by atoms with Gasteiger partial charge in [-0.25, -0.2) is 0 Å². The van der Waals surface area contributed by atoms with E-state index in [1.54, 1.807) is 27.6 Å². The smallest absolute Gasteiger partial charge is 0.188 e. The monoisotopic (exact) mass is 224 g/mol. The molecule has 0 radical (unpaired) electrons. The van der Waals surface area contributed by atoms with E-state index in [1.807, 2.05) is 24.3 Å². The van der Waals surface area contributed by atoms with Crippen LogP contribution in [0.2, 0.25) is 0 Å². The summed E-state index contributed by atoms with van der Waals surface area (Å²) < 4.78 is 20.2. The minimum absolute atomic E-state index is 0.198. The standard InChI is InChI=1S/C12H16O4/c1-13-7-6-10-4-5-11(16-9-14-2)12(8-10)15-3/h4-8H,9H2,1-3H3/b7-6+. The topological polar surface area (TPSA) is 36.9 Å². The fourth-order valence-corrected chi connectivity index (χ4v) is 1.18. The van der Waals surface area contributed by atoms with Gasteiger partial charge in [0, 0.05) is 7.11 Å². The van der Waals surface area contributed by atoms with Crippen molar-refractivity contribution in [2.24, 2.45) is 0 Å². The molecule has 0 aliphatic heterocycles. The number of hydrogen-bond acceptors (Lipinski definition) is 4. The summed E-state index contributed by atoms with van der Waals surface area (Å²) in [6, 6.07) is 5.59. The van der Waals surface area contributed by atoms with Gasteiger partial charge in [-0.15, -0.1) is 0 Å². The van der Waals surface area contributed by atoms with E-state index in [2.05, 4.69) is 0 Å². The van der Waals surface area contributed by atoms with E-state index in [4.69, 9.17) is 18.9 Å². The van der Waals surface area contributed by atoms with E-state index in [9.17, 15) is 0 Å². The molecule has 0 unspecified atom stereocenters. The molecule has 0 aliphatic rings. The molecule has 0 atom stereocenters. The molecule has 0 amide bonds. The van der Waals surface area contributed by atoms with Crippen LogP contribution in [-0.2, 0) is 9.47 Å². The average molecular weight is 224 g/mol. The summed E-state index contributed by atoms with van der Waals surface area (Å²) in [5.74, 6) is 1.31. The highest BCUT2D eigenvalue weighted by Crippen LogP contribution is 2.28. The summed E-state index contributed by atoms with van der Waals surface area (Å²) in [4.78, 5) is 0. The van der Waals surface area contributed by atoms with Crippen molar-refractivity contribution in [2.75, 3.05) is 28.1 Å². The fourth-order valence-electron chi connectivity index (χ4n) is 1.18. The van der Waals surface area contributed by atoms with Crippen LogP contribution in [0.5, 0.6) is 11.5 Å². The van der Waals surface area contributed by atoms with E-state index in [0.29, 0.717) is 11.5 Å². The predicted octanol–water partition coefficient (Wildman–Crippen LogP) is 2.29. The Morgan fingerprint density at radius 1 is 1.12 bits per heavy atom. The second-order valence-electron chi connectivity index (χ2n) is 3.00. The van der Waals surface area contributed by atoms with Crippen LogP contribution in [-0.4, -0.2) is 28.1 Å². The van der Waals surface area contributed by atoms with Gasteiger partial charge in [0.15, 0.2) is 18.3 Å². The summed E-state index contributed by atoms with van der Waals surface area (Å²) in [6.07, 6.45) is 3.44. The number of rotatable bonds is 6. The summed E-state index contributed by atoms with van der Waals surface area (Å²) >= 11 is 0. The van der Waals surface area contributed by atoms with Gasteiger partial charge in [0.2, 0.25) is 0 Å². The van der Waals surface area contributed by atoms with E-state index >= 15 is 0 Å². The van der Waals surface area contributed by atoms with Gasteiger partial charge in [0.1, 0.15) is 0 Å². The third-order valence-corrected chi connectivity index (χ3v) is 1.92. The molecule has 0 aromatic heterocycles. The Hall–Kier alpha value is -1.68. The molecule has 1 aromatic carbocycles. The van der Waals surface area contributed by atoms with Crippen molar-refractivity contribution < 1.29 is 18.9 Å². The lowest BCUT2D eigenvalue weighted by atomic mass is 10.2. The molecule has 0 spiro atoms. The molecular weight excluding hydrogens is 208 g/mol. The third-order valence-electron chi connectivity index (χ3n) is 1.92. The highest BCUT2D eigenvalue weighted by molar-refractivity contribution is 5.55. The first-order valence-electron chi connectivity index (χ1n) is 4.81. The molecule has 4 nitrogen and oxygen atoms in total. The van der Waals surface area contributed by atoms with Gasteiger partial charge in [-0.2, -0.15) is 0 Å². The first-order chi connectivity index (χ1) is 7.81. The second kappa shape index (κ2) is 6.74. The van der Waals surface area contributed by atoms with E-state index in [1.165, 1.54) is 0 Å². The fraction of sp³-hybridized carbons (Fsp3) is 0.333. The second-order valence-corrected chi connectivity index (χ2v) is 3.00. The van der Waals surface area contributed by atoms with Crippen LogP contribution < -0.4 is 9.47 Å². The Morgan fingerprint density at radius 3 is 2.56 bits per heavy atom. The Morgan fingerprint density at radius 2 is 1.94 bits per heavy atom. The zero-order valence-electron chi connectivity index (χ0n) is 9.73. The molecule has 0 saturated heterocycles. The van der Waals surface area contributed by atoms with Crippen LogP contribution in [0, 0.1) is 0 Å². The predicted molar refractivity (Wildman–Crippen MR) is 61.5 cm³/mol. The molecule has 4 heteroatoms. The lowest BCUT2D eigenvalue weighted by molar-refractivity contribution is 0.0491. The van der Waals surface area contributed by atoms with E-state index < -0.39 is 0 Å². The van der Waals surface area contributed by atoms with Crippen molar-refractivity contribution >= 4 is 6.08 Å². The summed E-state index contributed by atoms with van der Waals surface area (Å²) in [7, 11) is 4.77. The Labute approximate surface area is 95.4 Å². The summed E-state index contributed by atoms with van der Waals surface area (Å²) in [5.41, 5.74) is 0.975. The lowest BCUT2D eigenvalue weighted by Gasteiger charge is -2.10. The number of methoxy groups -OCH3 is 3. The normalized spacial score (nSPS) is 10.4. The maximum absolute atomic E-state index is 5.33. The summed E-state index contributed by atoms with van der Waals surface area (Å²) in [5, 5.41) is 0. The molecule has 0 aliphatic carbocycles. The largest absolute Gasteiger partial charge is 0.504 e. The molecule has 0 fully saturated rings. The van der Waals surface area contributed by atoms with Crippen molar-refractivity contribution in [1.82, 2.24) is 0 Å². The van der Waals surface area contributed by atoms with Gasteiger partial charge >= 0.3 is 0 Å². The first kappa shape index (κ1) is 12.4. The Bertz CT molecular complexity index is 347. The Balaban J connectivity index is 2.83. The van der Waals surface area contributed by atoms with E-state index in [-0.39, 0.29) is 6.79 Å². The van der Waals surface area contributed by atoms with Crippen molar-refractivity contribution in [1.29, 1.82) is 0 Å². The number of hydrogen-bond donors (Lipinski definition) is 0. The Kier molecular flexibility index (Phi) is 5.22. The van der Waals surface area contributed by atoms with Gasteiger partial charge in [0.25, 0.3) is 0 Å². The number of ether oxygens (including phenoxy) is 4. The van der Waals surface area contributed by atoms with E-state index in [0.717, 1.165) is 5.56 Å². The zero-order valence-corrected chi connectivity index (χ0v) is 9.73. The van der Waals surface area contributed by atoms with Crippen molar-refractivity contribution in [3.05, 3.63) is 30.0 Å². The maximum Gasteiger partial charge on any atom is 0.188 e. The highest BCUT2D eigenvalue weighted by Gasteiger charge is 2.04. The molecule has 16 heavy (non-hydrogen) atoms. The third kappa shape index (κ3) is 3.47. The summed E-state index contributed by atoms with van der Waals surface area (Å²) in [6.45, 7) is 0.198. The lowest BCUT2D eigenvalue weighted by Crippen LogP contribution is -2.00. The molecule has 0 saturated carbocycles. The maximum atomic E-state index is 5.33. The molecule has 0 heterocycles. The van der Waals surface area contributed by atoms with Crippen LogP contribution >= 0.6 is 0 Å². The molecule has 88 valence electrons. The number of benzene rings is 1. The molecule has 0 bridgehead atoms. The van der Waals surface area contributed by atoms with Gasteiger partial charge in [0.05, 0.1) is 20.5 Å². The van der Waals surface area contributed by atoms with Gasteiger partial charge in [-0.3, -0.25) is 0 Å². The van der Waals surface area contributed by atoms with Crippen LogP contribution in [0.1, 0.15) is 5.56 Å². The quantitative estimate of drug-likeness (QED) is 0.549. The molecular formula is C12H16O4. The highest BCUT2D eigenvalue weighted by atomic mass is 16.7. The van der Waals surface area contributed by atoms with Crippen LogP contribution in [0.4, 0.5) is 0 Å². The van der Waals surface area contributed by atoms with Crippen LogP contribution in [0.3, 0.4) is 0 Å². The minimum atomic E-state index is 0.198. The van der Waals surface area contributed by atoms with Gasteiger partial charge < -0.3 is 18.9 Å².